The van der Waals surface area contributed by atoms with Crippen molar-refractivity contribution in [2.24, 2.45) is 5.92 Å². The number of unbranched alkanes of at least 4 members (excludes halogenated alkanes) is 8. The molecule has 4 aromatic rings. The summed E-state index contributed by atoms with van der Waals surface area (Å²) in [4.78, 5) is 81.7. The quantitative estimate of drug-likeness (QED) is 0.0598. The highest BCUT2D eigenvalue weighted by atomic mass is 16.2. The van der Waals surface area contributed by atoms with Gasteiger partial charge in [-0.05, 0) is 73.6 Å². The first kappa shape index (κ1) is 40.7. The molecular weight excluding hydrogens is 721 g/mol. The van der Waals surface area contributed by atoms with E-state index in [4.69, 9.17) is 0 Å². The Bertz CT molecular complexity index is 2140. The molecular formula is C45H52N6O6. The van der Waals surface area contributed by atoms with Gasteiger partial charge in [-0.25, -0.2) is 0 Å². The van der Waals surface area contributed by atoms with Gasteiger partial charge in [-0.1, -0.05) is 88.3 Å². The van der Waals surface area contributed by atoms with Crippen LogP contribution in [-0.4, -0.2) is 65.0 Å². The van der Waals surface area contributed by atoms with E-state index in [0.717, 1.165) is 72.1 Å². The second kappa shape index (κ2) is 19.3. The van der Waals surface area contributed by atoms with Gasteiger partial charge in [0.1, 0.15) is 6.04 Å². The first-order chi connectivity index (χ1) is 27.7. The number of fused-ring (bicyclic) bond motifs is 2. The smallest absolute Gasteiger partial charge is 0.262 e. The number of aromatic nitrogens is 1. The predicted octanol–water partition coefficient (Wildman–Crippen LogP) is 6.79. The van der Waals surface area contributed by atoms with Gasteiger partial charge in [0.2, 0.25) is 17.7 Å². The molecule has 0 bridgehead atoms. The highest BCUT2D eigenvalue weighted by Gasteiger charge is 2.45. The number of nitrogens with one attached hydrogen (secondary N) is 4. The number of imide groups is 2. The molecule has 2 aliphatic rings. The van der Waals surface area contributed by atoms with Gasteiger partial charge in [0.15, 0.2) is 0 Å². The number of carbonyl (C=O) groups excluding carboxylic acids is 6. The molecule has 1 unspecified atom stereocenters. The molecule has 1 saturated heterocycles. The van der Waals surface area contributed by atoms with Gasteiger partial charge >= 0.3 is 0 Å². The molecule has 3 aromatic carbocycles. The predicted molar refractivity (Wildman–Crippen MR) is 219 cm³/mol. The average Bonchev–Trinajstić information content (AvgIpc) is 3.47. The third kappa shape index (κ3) is 9.91. The summed E-state index contributed by atoms with van der Waals surface area (Å²) >= 11 is 0. The fourth-order valence-corrected chi connectivity index (χ4v) is 7.76. The third-order valence-electron chi connectivity index (χ3n) is 10.9. The van der Waals surface area contributed by atoms with E-state index >= 15 is 0 Å². The van der Waals surface area contributed by atoms with E-state index in [9.17, 15) is 28.8 Å². The van der Waals surface area contributed by atoms with E-state index in [2.05, 4.69) is 38.4 Å². The number of nitrogens with zero attached hydrogens (tertiary/aromatic N) is 2. The van der Waals surface area contributed by atoms with Gasteiger partial charge in [-0.3, -0.25) is 44.0 Å². The maximum absolute atomic E-state index is 13.4. The van der Waals surface area contributed by atoms with Crippen molar-refractivity contribution in [3.8, 4) is 0 Å². The Morgan fingerprint density at radius 2 is 1.58 bits per heavy atom. The topological polar surface area (TPSA) is 167 Å². The Balaban J connectivity index is 0.861. The molecule has 0 radical (unpaired) electrons. The van der Waals surface area contributed by atoms with Crippen LogP contribution in [0.2, 0.25) is 0 Å². The zero-order valence-corrected chi connectivity index (χ0v) is 32.8. The Labute approximate surface area is 333 Å². The van der Waals surface area contributed by atoms with Crippen molar-refractivity contribution >= 4 is 57.7 Å². The second-order valence-electron chi connectivity index (χ2n) is 15.1. The molecule has 2 aliphatic heterocycles. The number of benzene rings is 3. The van der Waals surface area contributed by atoms with Crippen molar-refractivity contribution in [1.82, 2.24) is 25.8 Å². The molecule has 4 N–H and O–H groups in total. The first-order valence-corrected chi connectivity index (χ1v) is 20.2. The maximum atomic E-state index is 13.4. The Hall–Kier alpha value is -5.91. The van der Waals surface area contributed by atoms with E-state index in [1.807, 2.05) is 36.4 Å². The number of anilines is 2. The minimum absolute atomic E-state index is 0.0578. The number of carbonyl (C=O) groups is 6. The van der Waals surface area contributed by atoms with Crippen molar-refractivity contribution in [2.45, 2.75) is 96.4 Å². The zero-order valence-electron chi connectivity index (χ0n) is 32.8. The summed E-state index contributed by atoms with van der Waals surface area (Å²) in [7, 11) is 1.63. The van der Waals surface area contributed by atoms with Crippen LogP contribution in [0.25, 0.3) is 10.9 Å². The lowest BCUT2D eigenvalue weighted by Crippen LogP contribution is -2.54. The SMILES string of the molecule is CNC(=O)c1cnc2ccc(CCCCCCCCCCCNC(=O)[C@H](C)Cc3cccc4c3C(=O)N(C3CCC(=O)NC3=O)C4=O)cc2c1Nc1ccccc1. The highest BCUT2D eigenvalue weighted by Crippen LogP contribution is 2.32. The number of para-hydroxylation sites is 1. The van der Waals surface area contributed by atoms with Gasteiger partial charge in [-0.2, -0.15) is 0 Å². The number of piperidine rings is 1. The van der Waals surface area contributed by atoms with Crippen LogP contribution in [0.5, 0.6) is 0 Å². The normalized spacial score (nSPS) is 15.7. The monoisotopic (exact) mass is 772 g/mol. The minimum atomic E-state index is -1.03. The van der Waals surface area contributed by atoms with Crippen LogP contribution in [0, 0.1) is 5.92 Å². The largest absolute Gasteiger partial charge is 0.356 e. The standard InChI is InChI=1S/C45H52N6O6/c1-29(26-31-17-15-20-33-39(31)45(57)51(44(33)56)37-23-24-38(52)50-43(37)55)41(53)47-25-14-9-7-5-3-4-6-8-11-16-30-21-22-36-34(27-30)40(35(28-48-36)42(54)46-2)49-32-18-12-10-13-19-32/h10,12-13,15,17-22,27-29,37H,3-9,11,14,16,23-26H2,1-2H3,(H,46,54)(H,47,53)(H,48,49)(H,50,52,55)/t29-,37?/m1/s1. The number of aryl methyl sites for hydroxylation is 1. The minimum Gasteiger partial charge on any atom is -0.356 e. The maximum Gasteiger partial charge on any atom is 0.262 e. The molecule has 12 nitrogen and oxygen atoms in total. The van der Waals surface area contributed by atoms with Crippen molar-refractivity contribution in [3.05, 3.63) is 101 Å². The third-order valence-corrected chi connectivity index (χ3v) is 10.9. The number of hydrogen-bond donors (Lipinski definition) is 4. The van der Waals surface area contributed by atoms with Crippen LogP contribution in [0.1, 0.15) is 120 Å². The lowest BCUT2D eigenvalue weighted by atomic mass is 9.94. The molecule has 0 spiro atoms. The van der Waals surface area contributed by atoms with Crippen LogP contribution >= 0.6 is 0 Å². The summed E-state index contributed by atoms with van der Waals surface area (Å²) in [6.07, 6.45) is 13.0. The summed E-state index contributed by atoms with van der Waals surface area (Å²) in [5, 5.41) is 12.4. The Kier molecular flexibility index (Phi) is 13.8. The number of amides is 6. The van der Waals surface area contributed by atoms with Gasteiger partial charge in [0.25, 0.3) is 17.7 Å². The molecule has 298 valence electrons. The summed E-state index contributed by atoms with van der Waals surface area (Å²) in [5.41, 5.74) is 5.30. The van der Waals surface area contributed by atoms with Crippen LogP contribution in [0.4, 0.5) is 11.4 Å². The van der Waals surface area contributed by atoms with Crippen LogP contribution in [-0.2, 0) is 27.2 Å². The summed E-state index contributed by atoms with van der Waals surface area (Å²) in [5.74, 6) is -2.88. The number of hydrogen-bond acceptors (Lipinski definition) is 8. The van der Waals surface area contributed by atoms with Crippen molar-refractivity contribution < 1.29 is 28.8 Å². The molecule has 57 heavy (non-hydrogen) atoms. The first-order valence-electron chi connectivity index (χ1n) is 20.2. The second-order valence-corrected chi connectivity index (χ2v) is 15.1. The molecule has 6 rings (SSSR count). The van der Waals surface area contributed by atoms with E-state index < -0.39 is 35.6 Å². The van der Waals surface area contributed by atoms with Crippen molar-refractivity contribution in [1.29, 1.82) is 0 Å². The lowest BCUT2D eigenvalue weighted by Gasteiger charge is -2.27. The van der Waals surface area contributed by atoms with Gasteiger partial charge in [0.05, 0.1) is 27.9 Å². The Morgan fingerprint density at radius 3 is 2.30 bits per heavy atom. The fourth-order valence-electron chi connectivity index (χ4n) is 7.76. The molecule has 0 aliphatic carbocycles. The van der Waals surface area contributed by atoms with Crippen LogP contribution in [0.3, 0.4) is 0 Å². The lowest BCUT2D eigenvalue weighted by molar-refractivity contribution is -0.136. The van der Waals surface area contributed by atoms with Gasteiger partial charge in [0, 0.05) is 43.2 Å². The molecule has 2 atom stereocenters. The number of rotatable bonds is 19. The van der Waals surface area contributed by atoms with E-state index in [0.29, 0.717) is 17.7 Å². The van der Waals surface area contributed by atoms with Gasteiger partial charge < -0.3 is 16.0 Å². The molecule has 0 saturated carbocycles. The van der Waals surface area contributed by atoms with E-state index in [-0.39, 0.29) is 42.2 Å². The molecule has 12 heteroatoms. The molecule has 1 fully saturated rings. The van der Waals surface area contributed by atoms with Gasteiger partial charge in [-0.15, -0.1) is 0 Å². The average molecular weight is 773 g/mol. The summed E-state index contributed by atoms with van der Waals surface area (Å²) < 4.78 is 0. The van der Waals surface area contributed by atoms with Crippen molar-refractivity contribution in [2.75, 3.05) is 18.9 Å². The fraction of sp³-hybridized carbons (Fsp3) is 0.400. The zero-order chi connectivity index (χ0) is 40.3. The van der Waals surface area contributed by atoms with Crippen molar-refractivity contribution in [3.63, 3.8) is 0 Å². The molecule has 6 amide bonds. The van der Waals surface area contributed by atoms with E-state index in [1.165, 1.54) is 24.8 Å². The molecule has 1 aromatic heterocycles. The summed E-state index contributed by atoms with van der Waals surface area (Å²) in [6.45, 7) is 2.39. The summed E-state index contributed by atoms with van der Waals surface area (Å²) in [6, 6.07) is 20.1. The number of pyridine rings is 1. The highest BCUT2D eigenvalue weighted by molar-refractivity contribution is 6.24. The molecule has 3 heterocycles. The van der Waals surface area contributed by atoms with E-state index in [1.54, 1.807) is 38.4 Å². The van der Waals surface area contributed by atoms with Crippen LogP contribution < -0.4 is 21.3 Å². The van der Waals surface area contributed by atoms with Crippen LogP contribution in [0.15, 0.2) is 72.9 Å². The Morgan fingerprint density at radius 1 is 0.860 bits per heavy atom.